The maximum absolute atomic E-state index is 6.02. The molecule has 0 N–H and O–H groups in total. The summed E-state index contributed by atoms with van der Waals surface area (Å²) in [6.45, 7) is 0. The molecule has 0 radical (unpaired) electrons. The zero-order valence-corrected chi connectivity index (χ0v) is 9.96. The van der Waals surface area contributed by atoms with Crippen molar-refractivity contribution in [2.24, 2.45) is 0 Å². The normalized spacial score (nSPS) is 10.2. The highest BCUT2D eigenvalue weighted by atomic mass is 35.5. The van der Waals surface area contributed by atoms with Crippen molar-refractivity contribution in [3.8, 4) is 17.0 Å². The Kier molecular flexibility index (Phi) is 3.27. The second-order valence-corrected chi connectivity index (χ2v) is 3.78. The Morgan fingerprint density at radius 2 is 1.94 bits per heavy atom. The van der Waals surface area contributed by atoms with Gasteiger partial charge in [0.1, 0.15) is 5.75 Å². The van der Waals surface area contributed by atoms with Crippen LogP contribution in [0.15, 0.2) is 30.5 Å². The Hall–Kier alpha value is -1.32. The third-order valence-corrected chi connectivity index (χ3v) is 2.54. The van der Waals surface area contributed by atoms with E-state index in [-0.39, 0.29) is 5.28 Å². The van der Waals surface area contributed by atoms with Gasteiger partial charge in [-0.1, -0.05) is 23.7 Å². The van der Waals surface area contributed by atoms with Crippen LogP contribution in [0.2, 0.25) is 10.3 Å². The van der Waals surface area contributed by atoms with Crippen LogP contribution in [0.5, 0.6) is 5.75 Å². The van der Waals surface area contributed by atoms with Crippen LogP contribution >= 0.6 is 23.2 Å². The molecule has 3 nitrogen and oxygen atoms in total. The Morgan fingerprint density at radius 1 is 1.19 bits per heavy atom. The molecule has 0 bridgehead atoms. The van der Waals surface area contributed by atoms with E-state index in [4.69, 9.17) is 27.9 Å². The molecule has 0 atom stereocenters. The van der Waals surface area contributed by atoms with E-state index < -0.39 is 0 Å². The van der Waals surface area contributed by atoms with Gasteiger partial charge in [-0.05, 0) is 23.7 Å². The predicted molar refractivity (Wildman–Crippen MR) is 64.0 cm³/mol. The highest BCUT2D eigenvalue weighted by molar-refractivity contribution is 6.33. The van der Waals surface area contributed by atoms with Crippen LogP contribution in [0.1, 0.15) is 0 Å². The minimum absolute atomic E-state index is 0.158. The van der Waals surface area contributed by atoms with Crippen LogP contribution in [0, 0.1) is 0 Å². The molecule has 0 aliphatic rings. The zero-order valence-electron chi connectivity index (χ0n) is 8.45. The number of para-hydroxylation sites is 1. The van der Waals surface area contributed by atoms with Gasteiger partial charge >= 0.3 is 0 Å². The molecule has 0 spiro atoms. The second kappa shape index (κ2) is 4.68. The maximum Gasteiger partial charge on any atom is 0.222 e. The molecule has 5 heteroatoms. The van der Waals surface area contributed by atoms with Crippen molar-refractivity contribution in [1.82, 2.24) is 9.97 Å². The van der Waals surface area contributed by atoms with Gasteiger partial charge in [0.05, 0.1) is 24.0 Å². The summed E-state index contributed by atoms with van der Waals surface area (Å²) in [5, 5.41) is 0.596. The average Bonchev–Trinajstić information content (AvgIpc) is 2.32. The average molecular weight is 255 g/mol. The first-order valence-corrected chi connectivity index (χ1v) is 5.29. The molecule has 1 heterocycles. The number of hydrogen-bond acceptors (Lipinski definition) is 3. The molecule has 2 rings (SSSR count). The number of aromatic nitrogens is 2. The number of methoxy groups -OCH3 is 1. The van der Waals surface area contributed by atoms with Crippen LogP contribution in [0.3, 0.4) is 0 Å². The van der Waals surface area contributed by atoms with E-state index in [9.17, 15) is 0 Å². The van der Waals surface area contributed by atoms with Gasteiger partial charge in [-0.3, -0.25) is 0 Å². The number of ether oxygens (including phenoxy) is 1. The molecule has 0 saturated heterocycles. The molecule has 0 unspecified atom stereocenters. The number of halogens is 2. The number of rotatable bonds is 2. The van der Waals surface area contributed by atoms with Gasteiger partial charge in [0.15, 0.2) is 0 Å². The summed E-state index contributed by atoms with van der Waals surface area (Å²) < 4.78 is 5.23. The van der Waals surface area contributed by atoms with Gasteiger partial charge in [-0.15, -0.1) is 0 Å². The van der Waals surface area contributed by atoms with Crippen LogP contribution in [0.25, 0.3) is 11.3 Å². The molecular formula is C11H8Cl2N2O. The monoisotopic (exact) mass is 254 g/mol. The van der Waals surface area contributed by atoms with Crippen LogP contribution in [-0.4, -0.2) is 17.1 Å². The van der Waals surface area contributed by atoms with Crippen molar-refractivity contribution in [3.63, 3.8) is 0 Å². The molecule has 2 aromatic rings. The highest BCUT2D eigenvalue weighted by Crippen LogP contribution is 2.32. The summed E-state index contributed by atoms with van der Waals surface area (Å²) in [5.74, 6) is 0.694. The summed E-state index contributed by atoms with van der Waals surface area (Å²) in [7, 11) is 1.59. The first-order chi connectivity index (χ1) is 7.72. The molecular weight excluding hydrogens is 247 g/mol. The topological polar surface area (TPSA) is 35.0 Å². The van der Waals surface area contributed by atoms with E-state index >= 15 is 0 Å². The number of benzene rings is 1. The van der Waals surface area contributed by atoms with E-state index in [2.05, 4.69) is 9.97 Å². The Bertz CT molecular complexity index is 517. The molecule has 0 fully saturated rings. The maximum atomic E-state index is 6.02. The quantitative estimate of drug-likeness (QED) is 0.771. The van der Waals surface area contributed by atoms with Gasteiger partial charge in [0.2, 0.25) is 5.28 Å². The first-order valence-electron chi connectivity index (χ1n) is 4.54. The molecule has 1 aromatic heterocycles. The highest BCUT2D eigenvalue weighted by Gasteiger charge is 2.11. The molecule has 0 aliphatic heterocycles. The van der Waals surface area contributed by atoms with Gasteiger partial charge in [-0.2, -0.15) is 0 Å². The molecule has 16 heavy (non-hydrogen) atoms. The zero-order chi connectivity index (χ0) is 11.5. The third kappa shape index (κ3) is 2.10. The smallest absolute Gasteiger partial charge is 0.222 e. The van der Waals surface area contributed by atoms with Crippen LogP contribution in [-0.2, 0) is 0 Å². The summed E-state index contributed by atoms with van der Waals surface area (Å²) in [6.07, 6.45) is 1.47. The minimum atomic E-state index is 0.158. The Labute approximate surface area is 103 Å². The van der Waals surface area contributed by atoms with Crippen molar-refractivity contribution >= 4 is 23.2 Å². The number of nitrogens with zero attached hydrogens (tertiary/aromatic N) is 2. The Balaban J connectivity index is 2.62. The predicted octanol–water partition coefficient (Wildman–Crippen LogP) is 3.46. The van der Waals surface area contributed by atoms with Crippen molar-refractivity contribution in [1.29, 1.82) is 0 Å². The lowest BCUT2D eigenvalue weighted by molar-refractivity contribution is 0.416. The van der Waals surface area contributed by atoms with Crippen molar-refractivity contribution in [2.45, 2.75) is 0 Å². The van der Waals surface area contributed by atoms with Crippen molar-refractivity contribution in [2.75, 3.05) is 7.11 Å². The standard InChI is InChI=1S/C11H8Cl2N2O/c1-16-9-5-3-2-4-7(9)10-8(12)6-14-11(13)15-10/h2-6H,1H3. The number of hydrogen-bond donors (Lipinski definition) is 0. The van der Waals surface area contributed by atoms with Gasteiger partial charge in [0, 0.05) is 5.56 Å². The fourth-order valence-electron chi connectivity index (χ4n) is 1.37. The largest absolute Gasteiger partial charge is 0.496 e. The fraction of sp³-hybridized carbons (Fsp3) is 0.0909. The van der Waals surface area contributed by atoms with Crippen molar-refractivity contribution < 1.29 is 4.74 Å². The SMILES string of the molecule is COc1ccccc1-c1nc(Cl)ncc1Cl. The van der Waals surface area contributed by atoms with Crippen LogP contribution < -0.4 is 4.74 Å². The molecule has 0 saturated carbocycles. The first kappa shape index (κ1) is 11.2. The molecule has 0 amide bonds. The van der Waals surface area contributed by atoms with E-state index in [0.29, 0.717) is 16.5 Å². The second-order valence-electron chi connectivity index (χ2n) is 3.04. The molecule has 1 aromatic carbocycles. The van der Waals surface area contributed by atoms with E-state index in [1.54, 1.807) is 7.11 Å². The van der Waals surface area contributed by atoms with Gasteiger partial charge in [-0.25, -0.2) is 9.97 Å². The fourth-order valence-corrected chi connectivity index (χ4v) is 1.70. The Morgan fingerprint density at radius 3 is 2.69 bits per heavy atom. The van der Waals surface area contributed by atoms with E-state index in [1.807, 2.05) is 24.3 Å². The van der Waals surface area contributed by atoms with Gasteiger partial charge < -0.3 is 4.74 Å². The van der Waals surface area contributed by atoms with Crippen molar-refractivity contribution in [3.05, 3.63) is 40.8 Å². The van der Waals surface area contributed by atoms with Gasteiger partial charge in [0.25, 0.3) is 0 Å². The lowest BCUT2D eigenvalue weighted by Crippen LogP contribution is -1.92. The third-order valence-electron chi connectivity index (χ3n) is 2.08. The summed E-state index contributed by atoms with van der Waals surface area (Å²) in [5.41, 5.74) is 1.36. The minimum Gasteiger partial charge on any atom is -0.496 e. The molecule has 82 valence electrons. The summed E-state index contributed by atoms with van der Waals surface area (Å²) in [6, 6.07) is 7.45. The lowest BCUT2D eigenvalue weighted by atomic mass is 10.1. The lowest BCUT2D eigenvalue weighted by Gasteiger charge is -2.08. The summed E-state index contributed by atoms with van der Waals surface area (Å²) in [4.78, 5) is 7.90. The van der Waals surface area contributed by atoms with E-state index in [1.165, 1.54) is 6.20 Å². The molecule has 0 aliphatic carbocycles. The van der Waals surface area contributed by atoms with E-state index in [0.717, 1.165) is 5.56 Å². The summed E-state index contributed by atoms with van der Waals surface area (Å²) >= 11 is 11.8. The van der Waals surface area contributed by atoms with Crippen LogP contribution in [0.4, 0.5) is 0 Å².